The number of hydrogen-bond donors (Lipinski definition) is 0. The van der Waals surface area contributed by atoms with Crippen molar-refractivity contribution in [2.45, 2.75) is 27.2 Å². The summed E-state index contributed by atoms with van der Waals surface area (Å²) in [6.45, 7) is 6.07. The third-order valence-electron chi connectivity index (χ3n) is 1.62. The third-order valence-corrected chi connectivity index (χ3v) is 1.62. The summed E-state index contributed by atoms with van der Waals surface area (Å²) in [4.78, 5) is 8.25. The van der Waals surface area contributed by atoms with E-state index in [0.29, 0.717) is 17.4 Å². The molecule has 1 aromatic heterocycles. The SMILES string of the molecule is Cc1nc(C#N)cc(CC(C)C)n1. The second kappa shape index (κ2) is 3.99. The van der Waals surface area contributed by atoms with Crippen molar-refractivity contribution in [3.05, 3.63) is 23.3 Å². The first kappa shape index (κ1) is 9.66. The second-order valence-corrected chi connectivity index (χ2v) is 3.50. The molecule has 0 fully saturated rings. The molecule has 1 heterocycles. The lowest BCUT2D eigenvalue weighted by atomic mass is 10.1. The average Bonchev–Trinajstić information content (AvgIpc) is 2.01. The van der Waals surface area contributed by atoms with Crippen LogP contribution in [0.2, 0.25) is 0 Å². The van der Waals surface area contributed by atoms with Crippen molar-refractivity contribution in [1.82, 2.24) is 9.97 Å². The Labute approximate surface area is 78.5 Å². The highest BCUT2D eigenvalue weighted by atomic mass is 14.9. The fourth-order valence-electron chi connectivity index (χ4n) is 1.21. The van der Waals surface area contributed by atoms with Gasteiger partial charge in [0.25, 0.3) is 0 Å². The summed E-state index contributed by atoms with van der Waals surface area (Å²) in [5, 5.41) is 8.68. The van der Waals surface area contributed by atoms with Gasteiger partial charge in [-0.25, -0.2) is 9.97 Å². The molecule has 0 aliphatic carbocycles. The Bertz CT molecular complexity index is 337. The Balaban J connectivity index is 2.96. The molecular formula is C10H13N3. The van der Waals surface area contributed by atoms with Gasteiger partial charge in [0.1, 0.15) is 17.6 Å². The van der Waals surface area contributed by atoms with Gasteiger partial charge in [0.15, 0.2) is 0 Å². The maximum Gasteiger partial charge on any atom is 0.144 e. The normalized spacial score (nSPS) is 10.1. The Kier molecular flexibility index (Phi) is 2.97. The number of nitriles is 1. The van der Waals surface area contributed by atoms with Gasteiger partial charge < -0.3 is 0 Å². The van der Waals surface area contributed by atoms with Crippen molar-refractivity contribution in [3.8, 4) is 6.07 Å². The van der Waals surface area contributed by atoms with E-state index in [9.17, 15) is 0 Å². The molecule has 0 radical (unpaired) electrons. The standard InChI is InChI=1S/C10H13N3/c1-7(2)4-9-5-10(6-11)13-8(3)12-9/h5,7H,4H2,1-3H3. The van der Waals surface area contributed by atoms with E-state index in [1.54, 1.807) is 6.07 Å². The largest absolute Gasteiger partial charge is 0.238 e. The smallest absolute Gasteiger partial charge is 0.144 e. The summed E-state index contributed by atoms with van der Waals surface area (Å²) in [6.07, 6.45) is 0.901. The highest BCUT2D eigenvalue weighted by Crippen LogP contribution is 2.06. The Morgan fingerprint density at radius 3 is 2.69 bits per heavy atom. The van der Waals surface area contributed by atoms with Gasteiger partial charge in [-0.2, -0.15) is 5.26 Å². The molecule has 3 heteroatoms. The molecule has 0 bridgehead atoms. The van der Waals surface area contributed by atoms with Gasteiger partial charge in [0.05, 0.1) is 0 Å². The molecule has 0 amide bonds. The maximum atomic E-state index is 8.68. The van der Waals surface area contributed by atoms with Crippen LogP contribution in [0.25, 0.3) is 0 Å². The molecule has 0 saturated heterocycles. The molecule has 1 aromatic rings. The molecule has 13 heavy (non-hydrogen) atoms. The van der Waals surface area contributed by atoms with Crippen molar-refractivity contribution in [1.29, 1.82) is 5.26 Å². The predicted molar refractivity (Wildman–Crippen MR) is 50.0 cm³/mol. The fourth-order valence-corrected chi connectivity index (χ4v) is 1.21. The quantitative estimate of drug-likeness (QED) is 0.689. The van der Waals surface area contributed by atoms with E-state index in [1.807, 2.05) is 13.0 Å². The van der Waals surface area contributed by atoms with Gasteiger partial charge in [0.2, 0.25) is 0 Å². The molecule has 0 N–H and O–H groups in total. The highest BCUT2D eigenvalue weighted by Gasteiger charge is 2.03. The summed E-state index contributed by atoms with van der Waals surface area (Å²) in [5.41, 5.74) is 1.42. The molecule has 0 aromatic carbocycles. The van der Waals surface area contributed by atoms with Crippen LogP contribution >= 0.6 is 0 Å². The zero-order valence-electron chi connectivity index (χ0n) is 8.20. The van der Waals surface area contributed by atoms with Crippen molar-refractivity contribution in [3.63, 3.8) is 0 Å². The van der Waals surface area contributed by atoms with Gasteiger partial charge in [-0.05, 0) is 25.3 Å². The molecule has 0 spiro atoms. The van der Waals surface area contributed by atoms with Crippen LogP contribution in [0, 0.1) is 24.2 Å². The fraction of sp³-hybridized carbons (Fsp3) is 0.500. The molecule has 0 saturated carbocycles. The van der Waals surface area contributed by atoms with Crippen LogP contribution in [0.15, 0.2) is 6.07 Å². The number of nitrogens with zero attached hydrogens (tertiary/aromatic N) is 3. The molecule has 3 nitrogen and oxygen atoms in total. The molecule has 0 unspecified atom stereocenters. The molecule has 68 valence electrons. The highest BCUT2D eigenvalue weighted by molar-refractivity contribution is 5.22. The van der Waals surface area contributed by atoms with Crippen LogP contribution < -0.4 is 0 Å². The molecule has 0 aliphatic heterocycles. The minimum atomic E-state index is 0.461. The topological polar surface area (TPSA) is 49.6 Å². The third kappa shape index (κ3) is 2.83. The van der Waals surface area contributed by atoms with Gasteiger partial charge in [-0.1, -0.05) is 13.8 Å². The van der Waals surface area contributed by atoms with Crippen molar-refractivity contribution < 1.29 is 0 Å². The van der Waals surface area contributed by atoms with Crippen LogP contribution in [-0.2, 0) is 6.42 Å². The van der Waals surface area contributed by atoms with E-state index in [4.69, 9.17) is 5.26 Å². The summed E-state index contributed by atoms with van der Waals surface area (Å²) >= 11 is 0. The second-order valence-electron chi connectivity index (χ2n) is 3.50. The average molecular weight is 175 g/mol. The summed E-state index contributed by atoms with van der Waals surface area (Å²) < 4.78 is 0. The Morgan fingerprint density at radius 1 is 1.46 bits per heavy atom. The lowest BCUT2D eigenvalue weighted by Gasteiger charge is -2.04. The monoisotopic (exact) mass is 175 g/mol. The van der Waals surface area contributed by atoms with E-state index in [2.05, 4.69) is 23.8 Å². The Hall–Kier alpha value is -1.43. The van der Waals surface area contributed by atoms with E-state index >= 15 is 0 Å². The number of rotatable bonds is 2. The van der Waals surface area contributed by atoms with E-state index in [1.165, 1.54) is 0 Å². The molecule has 1 rings (SSSR count). The van der Waals surface area contributed by atoms with Crippen molar-refractivity contribution >= 4 is 0 Å². The van der Waals surface area contributed by atoms with E-state index in [-0.39, 0.29) is 0 Å². The van der Waals surface area contributed by atoms with Gasteiger partial charge in [-0.3, -0.25) is 0 Å². The van der Waals surface area contributed by atoms with E-state index < -0.39 is 0 Å². The lowest BCUT2D eigenvalue weighted by Crippen LogP contribution is -2.01. The summed E-state index contributed by atoms with van der Waals surface area (Å²) in [6, 6.07) is 3.79. The Morgan fingerprint density at radius 2 is 2.15 bits per heavy atom. The first-order valence-corrected chi connectivity index (χ1v) is 4.36. The first-order chi connectivity index (χ1) is 6.11. The predicted octanol–water partition coefficient (Wildman–Crippen LogP) is 1.86. The first-order valence-electron chi connectivity index (χ1n) is 4.36. The van der Waals surface area contributed by atoms with Crippen LogP contribution in [0.4, 0.5) is 0 Å². The summed E-state index contributed by atoms with van der Waals surface area (Å²) in [5.74, 6) is 1.23. The number of aryl methyl sites for hydroxylation is 1. The van der Waals surface area contributed by atoms with Crippen LogP contribution in [0.5, 0.6) is 0 Å². The minimum Gasteiger partial charge on any atom is -0.238 e. The van der Waals surface area contributed by atoms with Crippen molar-refractivity contribution in [2.24, 2.45) is 5.92 Å². The number of aromatic nitrogens is 2. The van der Waals surface area contributed by atoms with Crippen LogP contribution in [-0.4, -0.2) is 9.97 Å². The van der Waals surface area contributed by atoms with Gasteiger partial charge in [-0.15, -0.1) is 0 Å². The van der Waals surface area contributed by atoms with Crippen molar-refractivity contribution in [2.75, 3.05) is 0 Å². The molecule has 0 atom stereocenters. The van der Waals surface area contributed by atoms with E-state index in [0.717, 1.165) is 12.1 Å². The maximum absolute atomic E-state index is 8.68. The zero-order chi connectivity index (χ0) is 9.84. The van der Waals surface area contributed by atoms with Crippen LogP contribution in [0.1, 0.15) is 31.1 Å². The number of hydrogen-bond acceptors (Lipinski definition) is 3. The minimum absolute atomic E-state index is 0.461. The molecule has 0 aliphatic rings. The molecular weight excluding hydrogens is 162 g/mol. The lowest BCUT2D eigenvalue weighted by molar-refractivity contribution is 0.631. The van der Waals surface area contributed by atoms with Gasteiger partial charge in [0, 0.05) is 5.69 Å². The summed E-state index contributed by atoms with van der Waals surface area (Å²) in [7, 11) is 0. The zero-order valence-corrected chi connectivity index (χ0v) is 8.20. The van der Waals surface area contributed by atoms with Crippen LogP contribution in [0.3, 0.4) is 0 Å². The van der Waals surface area contributed by atoms with Gasteiger partial charge >= 0.3 is 0 Å².